The van der Waals surface area contributed by atoms with E-state index in [1.807, 2.05) is 13.8 Å². The second-order valence-electron chi connectivity index (χ2n) is 5.53. The molecule has 5 heteroatoms. The Hall–Kier alpha value is -1.49. The first kappa shape index (κ1) is 14.9. The molecule has 0 aromatic carbocycles. The van der Waals surface area contributed by atoms with E-state index in [4.69, 9.17) is 4.74 Å². The summed E-state index contributed by atoms with van der Waals surface area (Å²) in [5.41, 5.74) is 0. The lowest BCUT2D eigenvalue weighted by Crippen LogP contribution is -2.45. The van der Waals surface area contributed by atoms with Crippen molar-refractivity contribution in [3.63, 3.8) is 0 Å². The van der Waals surface area contributed by atoms with E-state index in [2.05, 4.69) is 4.98 Å². The fourth-order valence-electron chi connectivity index (χ4n) is 2.70. The third-order valence-electron chi connectivity index (χ3n) is 3.73. The summed E-state index contributed by atoms with van der Waals surface area (Å²) in [7, 11) is 1.57. The van der Waals surface area contributed by atoms with Gasteiger partial charge in [-0.05, 0) is 30.9 Å². The van der Waals surface area contributed by atoms with E-state index in [0.29, 0.717) is 6.61 Å². The molecule has 1 aromatic heterocycles. The second-order valence-corrected chi connectivity index (χ2v) is 5.53. The summed E-state index contributed by atoms with van der Waals surface area (Å²) >= 11 is 0. The highest BCUT2D eigenvalue weighted by molar-refractivity contribution is 5.94. The monoisotopic (exact) mass is 280 g/mol. The van der Waals surface area contributed by atoms with Crippen LogP contribution in [0.1, 0.15) is 26.7 Å². The highest BCUT2D eigenvalue weighted by Gasteiger charge is 2.36. The smallest absolute Gasteiger partial charge is 0.233 e. The SMILES string of the molecule is CC(C)C1OCCCC1C(=O)N(C)c1ncccc1F. The van der Waals surface area contributed by atoms with Crippen molar-refractivity contribution in [2.24, 2.45) is 11.8 Å². The first-order valence-electron chi connectivity index (χ1n) is 7.02. The van der Waals surface area contributed by atoms with Gasteiger partial charge >= 0.3 is 0 Å². The van der Waals surface area contributed by atoms with Gasteiger partial charge < -0.3 is 4.74 Å². The number of ether oxygens (including phenoxy) is 1. The predicted octanol–water partition coefficient (Wildman–Crippen LogP) is 2.63. The standard InChI is InChI=1S/C15H21FN2O2/c1-10(2)13-11(6-5-9-20-13)15(19)18(3)14-12(16)7-4-8-17-14/h4,7-8,10-11,13H,5-6,9H2,1-3H3. The van der Waals surface area contributed by atoms with Crippen LogP contribution in [-0.2, 0) is 9.53 Å². The first-order chi connectivity index (χ1) is 9.52. The number of nitrogens with zero attached hydrogens (tertiary/aromatic N) is 2. The van der Waals surface area contributed by atoms with E-state index in [1.165, 1.54) is 23.2 Å². The van der Waals surface area contributed by atoms with Gasteiger partial charge in [-0.3, -0.25) is 9.69 Å². The van der Waals surface area contributed by atoms with Gasteiger partial charge in [0.2, 0.25) is 5.91 Å². The maximum absolute atomic E-state index is 13.7. The van der Waals surface area contributed by atoms with Gasteiger partial charge in [-0.25, -0.2) is 9.37 Å². The lowest BCUT2D eigenvalue weighted by atomic mass is 9.86. The van der Waals surface area contributed by atoms with Crippen LogP contribution in [0.4, 0.5) is 10.2 Å². The average molecular weight is 280 g/mol. The van der Waals surface area contributed by atoms with Gasteiger partial charge in [0.1, 0.15) is 0 Å². The molecule has 0 aliphatic carbocycles. The molecule has 20 heavy (non-hydrogen) atoms. The van der Waals surface area contributed by atoms with Crippen LogP contribution in [0.5, 0.6) is 0 Å². The zero-order chi connectivity index (χ0) is 14.7. The summed E-state index contributed by atoms with van der Waals surface area (Å²) in [6.45, 7) is 4.77. The fraction of sp³-hybridized carbons (Fsp3) is 0.600. The van der Waals surface area contributed by atoms with Crippen molar-refractivity contribution in [1.82, 2.24) is 4.98 Å². The third-order valence-corrected chi connectivity index (χ3v) is 3.73. The Kier molecular flexibility index (Phi) is 4.70. The van der Waals surface area contributed by atoms with Gasteiger partial charge in [-0.1, -0.05) is 13.8 Å². The number of hydrogen-bond donors (Lipinski definition) is 0. The molecule has 0 spiro atoms. The van der Waals surface area contributed by atoms with Gasteiger partial charge in [0.15, 0.2) is 11.6 Å². The van der Waals surface area contributed by atoms with Gasteiger partial charge in [-0.2, -0.15) is 0 Å². The van der Waals surface area contributed by atoms with Crippen LogP contribution in [0, 0.1) is 17.7 Å². The normalized spacial score (nSPS) is 22.9. The van der Waals surface area contributed by atoms with Crippen LogP contribution in [-0.4, -0.2) is 30.6 Å². The Morgan fingerprint density at radius 3 is 2.95 bits per heavy atom. The van der Waals surface area contributed by atoms with Gasteiger partial charge in [-0.15, -0.1) is 0 Å². The summed E-state index contributed by atoms with van der Waals surface area (Å²) in [6.07, 6.45) is 3.02. The topological polar surface area (TPSA) is 42.4 Å². The highest BCUT2D eigenvalue weighted by Crippen LogP contribution is 2.29. The van der Waals surface area contributed by atoms with Crippen LogP contribution in [0.3, 0.4) is 0 Å². The molecule has 2 rings (SSSR count). The molecule has 1 aromatic rings. The van der Waals surface area contributed by atoms with E-state index < -0.39 is 5.82 Å². The van der Waals surface area contributed by atoms with Crippen LogP contribution < -0.4 is 4.90 Å². The zero-order valence-corrected chi connectivity index (χ0v) is 12.2. The molecule has 1 saturated heterocycles. The summed E-state index contributed by atoms with van der Waals surface area (Å²) in [5, 5.41) is 0. The number of carbonyl (C=O) groups is 1. The number of anilines is 1. The highest BCUT2D eigenvalue weighted by atomic mass is 19.1. The Bertz CT molecular complexity index is 479. The Labute approximate surface area is 118 Å². The minimum atomic E-state index is -0.485. The quantitative estimate of drug-likeness (QED) is 0.854. The number of halogens is 1. The van der Waals surface area contributed by atoms with E-state index in [1.54, 1.807) is 7.05 Å². The molecule has 2 heterocycles. The van der Waals surface area contributed by atoms with Gasteiger partial charge in [0, 0.05) is 19.9 Å². The summed E-state index contributed by atoms with van der Waals surface area (Å²) in [4.78, 5) is 17.9. The molecule has 0 N–H and O–H groups in total. The van der Waals surface area contributed by atoms with E-state index in [-0.39, 0.29) is 29.7 Å². The van der Waals surface area contributed by atoms with Crippen molar-refractivity contribution in [1.29, 1.82) is 0 Å². The molecule has 2 atom stereocenters. The van der Waals surface area contributed by atoms with Crippen molar-refractivity contribution < 1.29 is 13.9 Å². The molecular formula is C15H21FN2O2. The first-order valence-corrected chi connectivity index (χ1v) is 7.02. The summed E-state index contributed by atoms with van der Waals surface area (Å²) in [6, 6.07) is 2.82. The fourth-order valence-corrected chi connectivity index (χ4v) is 2.70. The van der Waals surface area contributed by atoms with E-state index in [0.717, 1.165) is 12.8 Å². The van der Waals surface area contributed by atoms with Crippen molar-refractivity contribution in [2.75, 3.05) is 18.6 Å². The molecule has 1 aliphatic heterocycles. The Morgan fingerprint density at radius 1 is 1.55 bits per heavy atom. The van der Waals surface area contributed by atoms with Gasteiger partial charge in [0.25, 0.3) is 0 Å². The second kappa shape index (κ2) is 6.31. The summed E-state index contributed by atoms with van der Waals surface area (Å²) in [5.74, 6) is -0.505. The molecule has 1 fully saturated rings. The molecule has 110 valence electrons. The van der Waals surface area contributed by atoms with E-state index >= 15 is 0 Å². The van der Waals surface area contributed by atoms with Crippen molar-refractivity contribution in [2.45, 2.75) is 32.8 Å². The van der Waals surface area contributed by atoms with Crippen LogP contribution in [0.25, 0.3) is 0 Å². The molecule has 0 bridgehead atoms. The Balaban J connectivity index is 2.19. The molecule has 1 amide bonds. The number of aromatic nitrogens is 1. The molecule has 0 radical (unpaired) electrons. The molecule has 4 nitrogen and oxygen atoms in total. The van der Waals surface area contributed by atoms with Gasteiger partial charge in [0.05, 0.1) is 12.0 Å². The maximum Gasteiger partial charge on any atom is 0.233 e. The maximum atomic E-state index is 13.7. The van der Waals surface area contributed by atoms with Crippen LogP contribution in [0.2, 0.25) is 0 Å². The van der Waals surface area contributed by atoms with Crippen molar-refractivity contribution >= 4 is 11.7 Å². The predicted molar refractivity (Wildman–Crippen MR) is 74.9 cm³/mol. The third kappa shape index (κ3) is 2.98. The van der Waals surface area contributed by atoms with E-state index in [9.17, 15) is 9.18 Å². The minimum absolute atomic E-state index is 0.0746. The zero-order valence-electron chi connectivity index (χ0n) is 12.2. The number of carbonyl (C=O) groups excluding carboxylic acids is 1. The Morgan fingerprint density at radius 2 is 2.30 bits per heavy atom. The van der Waals surface area contributed by atoms with Crippen LogP contribution >= 0.6 is 0 Å². The number of hydrogen-bond acceptors (Lipinski definition) is 3. The minimum Gasteiger partial charge on any atom is -0.377 e. The largest absolute Gasteiger partial charge is 0.377 e. The van der Waals surface area contributed by atoms with Crippen LogP contribution in [0.15, 0.2) is 18.3 Å². The molecule has 1 aliphatic rings. The molecular weight excluding hydrogens is 259 g/mol. The number of rotatable bonds is 3. The summed E-state index contributed by atoms with van der Waals surface area (Å²) < 4.78 is 19.5. The lowest BCUT2D eigenvalue weighted by molar-refractivity contribution is -0.134. The molecule has 0 saturated carbocycles. The lowest BCUT2D eigenvalue weighted by Gasteiger charge is -2.35. The average Bonchev–Trinajstić information content (AvgIpc) is 2.46. The van der Waals surface area contributed by atoms with Crippen molar-refractivity contribution in [3.8, 4) is 0 Å². The number of pyridine rings is 1. The van der Waals surface area contributed by atoms with Crippen molar-refractivity contribution in [3.05, 3.63) is 24.1 Å². The molecule has 2 unspecified atom stereocenters. The number of amides is 1.